The first-order chi connectivity index (χ1) is 13.4. The predicted molar refractivity (Wildman–Crippen MR) is 126 cm³/mol. The lowest BCUT2D eigenvalue weighted by Gasteiger charge is -2.03. The highest BCUT2D eigenvalue weighted by Crippen LogP contribution is 2.44. The molecule has 0 bridgehead atoms. The molecule has 0 atom stereocenters. The summed E-state index contributed by atoms with van der Waals surface area (Å²) in [5.41, 5.74) is 1.51. The standard InChI is InChI=1S/C25H28S2/c1-2-3-4-5-6-7-8-9-10-13-19-16-17-21-23(18-19)27-24-20-14-11-12-15-22(20)26-25(21)24/h2,11-12,14-18H,1,3-10,13H2. The number of allylic oxidation sites excluding steroid dienone is 1. The molecule has 0 aliphatic carbocycles. The number of thiophene rings is 2. The van der Waals surface area contributed by atoms with Crippen LogP contribution in [0.2, 0.25) is 0 Å². The summed E-state index contributed by atoms with van der Waals surface area (Å²) in [6.07, 6.45) is 14.0. The molecular formula is C25H28S2. The van der Waals surface area contributed by atoms with Gasteiger partial charge in [-0.15, -0.1) is 29.3 Å². The number of fused-ring (bicyclic) bond motifs is 5. The van der Waals surface area contributed by atoms with Crippen molar-refractivity contribution < 1.29 is 0 Å². The minimum absolute atomic E-state index is 1.18. The van der Waals surface area contributed by atoms with Crippen LogP contribution < -0.4 is 0 Å². The molecule has 0 radical (unpaired) electrons. The van der Waals surface area contributed by atoms with E-state index in [0.717, 1.165) is 0 Å². The average molecular weight is 393 g/mol. The third kappa shape index (κ3) is 4.28. The maximum absolute atomic E-state index is 3.79. The van der Waals surface area contributed by atoms with Crippen molar-refractivity contribution in [1.29, 1.82) is 0 Å². The molecule has 2 aromatic carbocycles. The number of hydrogen-bond acceptors (Lipinski definition) is 2. The summed E-state index contributed by atoms with van der Waals surface area (Å²) in [7, 11) is 0. The Kier molecular flexibility index (Phi) is 6.26. The van der Waals surface area contributed by atoms with Gasteiger partial charge in [0, 0.05) is 20.2 Å². The lowest BCUT2D eigenvalue weighted by molar-refractivity contribution is 0.581. The summed E-state index contributed by atoms with van der Waals surface area (Å²) < 4.78 is 5.81. The Morgan fingerprint density at radius 3 is 2.19 bits per heavy atom. The highest BCUT2D eigenvalue weighted by atomic mass is 32.1. The molecule has 2 heteroatoms. The Bertz CT molecular complexity index is 1030. The van der Waals surface area contributed by atoms with Gasteiger partial charge in [-0.05, 0) is 43.4 Å². The van der Waals surface area contributed by atoms with E-state index in [-0.39, 0.29) is 0 Å². The van der Waals surface area contributed by atoms with Crippen molar-refractivity contribution in [2.24, 2.45) is 0 Å². The van der Waals surface area contributed by atoms with Gasteiger partial charge in [-0.1, -0.05) is 68.5 Å². The first kappa shape index (κ1) is 18.7. The van der Waals surface area contributed by atoms with Gasteiger partial charge in [0.15, 0.2) is 0 Å². The molecule has 0 spiro atoms. The highest BCUT2D eigenvalue weighted by Gasteiger charge is 2.11. The Balaban J connectivity index is 1.33. The molecule has 0 amide bonds. The van der Waals surface area contributed by atoms with Crippen LogP contribution in [-0.4, -0.2) is 0 Å². The second-order valence-electron chi connectivity index (χ2n) is 7.49. The predicted octanol–water partition coefficient (Wildman–Crippen LogP) is 9.12. The smallest absolute Gasteiger partial charge is 0.0542 e. The van der Waals surface area contributed by atoms with E-state index in [0.29, 0.717) is 0 Å². The Morgan fingerprint density at radius 2 is 1.37 bits per heavy atom. The minimum Gasteiger partial charge on any atom is -0.134 e. The minimum atomic E-state index is 1.18. The van der Waals surface area contributed by atoms with Crippen molar-refractivity contribution in [3.8, 4) is 0 Å². The zero-order valence-electron chi connectivity index (χ0n) is 16.0. The van der Waals surface area contributed by atoms with Gasteiger partial charge in [-0.3, -0.25) is 0 Å². The maximum Gasteiger partial charge on any atom is 0.0542 e. The van der Waals surface area contributed by atoms with E-state index in [2.05, 4.69) is 49.0 Å². The first-order valence-electron chi connectivity index (χ1n) is 10.3. The zero-order valence-corrected chi connectivity index (χ0v) is 17.6. The van der Waals surface area contributed by atoms with Gasteiger partial charge in [0.05, 0.1) is 9.40 Å². The zero-order chi connectivity index (χ0) is 18.5. The van der Waals surface area contributed by atoms with Gasteiger partial charge in [0.25, 0.3) is 0 Å². The van der Waals surface area contributed by atoms with Crippen LogP contribution in [-0.2, 0) is 6.42 Å². The molecule has 0 aliphatic heterocycles. The summed E-state index contributed by atoms with van der Waals surface area (Å²) in [5.74, 6) is 0. The summed E-state index contributed by atoms with van der Waals surface area (Å²) in [4.78, 5) is 0. The fourth-order valence-electron chi connectivity index (χ4n) is 3.91. The van der Waals surface area contributed by atoms with E-state index in [1.807, 2.05) is 28.7 Å². The first-order valence-corrected chi connectivity index (χ1v) is 11.9. The molecule has 0 nitrogen and oxygen atoms in total. The van der Waals surface area contributed by atoms with E-state index in [9.17, 15) is 0 Å². The molecule has 0 N–H and O–H groups in total. The van der Waals surface area contributed by atoms with Crippen LogP contribution in [0.5, 0.6) is 0 Å². The lowest BCUT2D eigenvalue weighted by atomic mass is 10.0. The number of benzene rings is 2. The van der Waals surface area contributed by atoms with Crippen LogP contribution in [0.3, 0.4) is 0 Å². The van der Waals surface area contributed by atoms with Crippen molar-refractivity contribution >= 4 is 52.2 Å². The van der Waals surface area contributed by atoms with Crippen LogP contribution in [0, 0.1) is 0 Å². The van der Waals surface area contributed by atoms with E-state index >= 15 is 0 Å². The molecule has 140 valence electrons. The molecule has 0 saturated heterocycles. The molecule has 2 aromatic heterocycles. The summed E-state index contributed by atoms with van der Waals surface area (Å²) in [6.45, 7) is 3.79. The second-order valence-corrected chi connectivity index (χ2v) is 9.60. The third-order valence-corrected chi connectivity index (χ3v) is 7.95. The average Bonchev–Trinajstić information content (AvgIpc) is 3.22. The van der Waals surface area contributed by atoms with Gasteiger partial charge in [-0.2, -0.15) is 0 Å². The highest BCUT2D eigenvalue weighted by molar-refractivity contribution is 7.36. The molecule has 4 aromatic rings. The molecule has 0 unspecified atom stereocenters. The number of aryl methyl sites for hydroxylation is 1. The SMILES string of the molecule is C=CCCCCCCCCCc1ccc2c(c1)sc1c3ccccc3sc21. The fraction of sp³-hybridized carbons (Fsp3) is 0.360. The molecular weight excluding hydrogens is 364 g/mol. The lowest BCUT2D eigenvalue weighted by Crippen LogP contribution is -1.86. The molecule has 2 heterocycles. The number of unbranched alkanes of at least 4 members (excludes halogenated alkanes) is 7. The Morgan fingerprint density at radius 1 is 0.704 bits per heavy atom. The van der Waals surface area contributed by atoms with E-state index in [1.165, 1.54) is 92.9 Å². The van der Waals surface area contributed by atoms with Gasteiger partial charge < -0.3 is 0 Å². The normalized spacial score (nSPS) is 11.7. The summed E-state index contributed by atoms with van der Waals surface area (Å²) in [5, 5.41) is 2.87. The second kappa shape index (κ2) is 9.03. The maximum atomic E-state index is 3.79. The van der Waals surface area contributed by atoms with Crippen LogP contribution >= 0.6 is 22.7 Å². The van der Waals surface area contributed by atoms with Crippen molar-refractivity contribution in [3.63, 3.8) is 0 Å². The van der Waals surface area contributed by atoms with Gasteiger partial charge in [-0.25, -0.2) is 0 Å². The number of rotatable bonds is 10. The summed E-state index contributed by atoms with van der Waals surface area (Å²) >= 11 is 3.91. The van der Waals surface area contributed by atoms with Crippen LogP contribution in [0.1, 0.15) is 56.9 Å². The van der Waals surface area contributed by atoms with Crippen molar-refractivity contribution in [3.05, 3.63) is 60.7 Å². The van der Waals surface area contributed by atoms with Crippen molar-refractivity contribution in [2.45, 2.75) is 57.8 Å². The van der Waals surface area contributed by atoms with Crippen LogP contribution in [0.4, 0.5) is 0 Å². The molecule has 27 heavy (non-hydrogen) atoms. The van der Waals surface area contributed by atoms with E-state index in [4.69, 9.17) is 0 Å². The largest absolute Gasteiger partial charge is 0.134 e. The van der Waals surface area contributed by atoms with Crippen molar-refractivity contribution in [2.75, 3.05) is 0 Å². The van der Waals surface area contributed by atoms with Gasteiger partial charge in [0.1, 0.15) is 0 Å². The quantitative estimate of drug-likeness (QED) is 0.186. The topological polar surface area (TPSA) is 0 Å². The third-order valence-electron chi connectivity index (χ3n) is 5.43. The van der Waals surface area contributed by atoms with Crippen LogP contribution in [0.15, 0.2) is 55.1 Å². The van der Waals surface area contributed by atoms with Crippen molar-refractivity contribution in [1.82, 2.24) is 0 Å². The van der Waals surface area contributed by atoms with Gasteiger partial charge in [0.2, 0.25) is 0 Å². The summed E-state index contributed by atoms with van der Waals surface area (Å²) in [6, 6.07) is 16.0. The number of hydrogen-bond donors (Lipinski definition) is 0. The Hall–Kier alpha value is -1.64. The molecule has 0 aliphatic rings. The fourth-order valence-corrected chi connectivity index (χ4v) is 6.62. The Labute approximate surface area is 170 Å². The van der Waals surface area contributed by atoms with E-state index < -0.39 is 0 Å². The molecule has 0 saturated carbocycles. The van der Waals surface area contributed by atoms with E-state index in [1.54, 1.807) is 0 Å². The van der Waals surface area contributed by atoms with Gasteiger partial charge >= 0.3 is 0 Å². The molecule has 4 rings (SSSR count). The molecule has 0 fully saturated rings. The van der Waals surface area contributed by atoms with Crippen LogP contribution in [0.25, 0.3) is 29.6 Å². The monoisotopic (exact) mass is 392 g/mol.